The zero-order valence-electron chi connectivity index (χ0n) is 19.2. The number of pyridine rings is 2. The molecule has 0 aliphatic carbocycles. The maximum Gasteiger partial charge on any atom is 0.335 e. The van der Waals surface area contributed by atoms with Gasteiger partial charge in [0.15, 0.2) is 0 Å². The number of nitrogens with one attached hydrogen (secondary N) is 1. The summed E-state index contributed by atoms with van der Waals surface area (Å²) < 4.78 is 5.47. The first-order valence-electron chi connectivity index (χ1n) is 11.1. The lowest BCUT2D eigenvalue weighted by Crippen LogP contribution is -2.05. The van der Waals surface area contributed by atoms with Gasteiger partial charge in [0.1, 0.15) is 5.76 Å². The van der Waals surface area contributed by atoms with Gasteiger partial charge >= 0.3 is 5.97 Å². The molecule has 1 atom stereocenters. The number of fused-ring (bicyclic) bond motifs is 1. The number of H-pyrrole nitrogens is 1. The van der Waals surface area contributed by atoms with Crippen molar-refractivity contribution in [3.05, 3.63) is 89.3 Å². The van der Waals surface area contributed by atoms with Crippen LogP contribution in [0.1, 0.15) is 45.9 Å². The minimum atomic E-state index is -0.946. The molecule has 0 fully saturated rings. The maximum atomic E-state index is 11.2. The first-order chi connectivity index (χ1) is 16.4. The van der Waals surface area contributed by atoms with Crippen molar-refractivity contribution in [3.63, 3.8) is 0 Å². The summed E-state index contributed by atoms with van der Waals surface area (Å²) in [6, 6.07) is 12.8. The van der Waals surface area contributed by atoms with E-state index < -0.39 is 5.97 Å². The Morgan fingerprint density at radius 3 is 2.53 bits per heavy atom. The van der Waals surface area contributed by atoms with Crippen LogP contribution in [0.3, 0.4) is 0 Å². The molecule has 0 saturated carbocycles. The Kier molecular flexibility index (Phi) is 5.45. The maximum absolute atomic E-state index is 11.2. The molecule has 0 saturated heterocycles. The summed E-state index contributed by atoms with van der Waals surface area (Å²) in [4.78, 5) is 24.1. The van der Waals surface area contributed by atoms with Gasteiger partial charge in [0.05, 0.1) is 22.3 Å². The fourth-order valence-electron chi connectivity index (χ4n) is 4.61. The van der Waals surface area contributed by atoms with Crippen molar-refractivity contribution in [1.82, 2.24) is 20.1 Å². The number of aromatic amines is 1. The molecule has 2 N–H and O–H groups in total. The van der Waals surface area contributed by atoms with Crippen molar-refractivity contribution >= 4 is 17.0 Å². The van der Waals surface area contributed by atoms with E-state index in [9.17, 15) is 9.90 Å². The van der Waals surface area contributed by atoms with E-state index in [0.717, 1.165) is 62.4 Å². The molecule has 5 aromatic rings. The smallest absolute Gasteiger partial charge is 0.335 e. The van der Waals surface area contributed by atoms with Crippen LogP contribution in [0.15, 0.2) is 65.6 Å². The lowest BCUT2D eigenvalue weighted by atomic mass is 9.88. The van der Waals surface area contributed by atoms with Crippen LogP contribution in [0, 0.1) is 13.8 Å². The third-order valence-electron chi connectivity index (χ3n) is 6.21. The van der Waals surface area contributed by atoms with Crippen LogP contribution in [-0.2, 0) is 6.42 Å². The molecule has 4 heterocycles. The first kappa shape index (κ1) is 21.6. The van der Waals surface area contributed by atoms with Crippen molar-refractivity contribution in [2.75, 3.05) is 0 Å². The van der Waals surface area contributed by atoms with Crippen LogP contribution in [0.2, 0.25) is 0 Å². The normalized spacial score (nSPS) is 12.2. The van der Waals surface area contributed by atoms with Gasteiger partial charge in [0, 0.05) is 41.0 Å². The van der Waals surface area contributed by atoms with Crippen molar-refractivity contribution in [1.29, 1.82) is 0 Å². The number of benzene rings is 1. The number of aryl methyl sites for hydroxylation is 2. The van der Waals surface area contributed by atoms with Crippen LogP contribution >= 0.6 is 0 Å². The standard InChI is InChI=1S/C27H24N4O3/c1-15(12-20-6-4-5-11-28-20)23-22(24-16(2)31-34-17(24)3)14-29-25-21(13-30-26(23)25)18-7-9-19(10-8-18)27(32)33/h4-11,13-15,30H,12H2,1-3H3,(H,32,33). The highest BCUT2D eigenvalue weighted by atomic mass is 16.5. The Hall–Kier alpha value is -4.26. The molecule has 7 heteroatoms. The molecule has 4 aromatic heterocycles. The fraction of sp³-hybridized carbons (Fsp3) is 0.185. The Morgan fingerprint density at radius 1 is 1.09 bits per heavy atom. The minimum Gasteiger partial charge on any atom is -0.478 e. The molecule has 0 radical (unpaired) electrons. The molecule has 1 aromatic carbocycles. The van der Waals surface area contributed by atoms with Crippen molar-refractivity contribution in [2.24, 2.45) is 0 Å². The molecule has 7 nitrogen and oxygen atoms in total. The van der Waals surface area contributed by atoms with Crippen molar-refractivity contribution in [2.45, 2.75) is 33.1 Å². The molecule has 0 aliphatic heterocycles. The molecule has 0 bridgehead atoms. The van der Waals surface area contributed by atoms with Crippen LogP contribution < -0.4 is 0 Å². The summed E-state index contributed by atoms with van der Waals surface area (Å²) in [6.45, 7) is 6.04. The quantitative estimate of drug-likeness (QED) is 0.330. The van der Waals surface area contributed by atoms with E-state index in [4.69, 9.17) is 9.51 Å². The van der Waals surface area contributed by atoms with Crippen LogP contribution in [0.4, 0.5) is 0 Å². The Labute approximate surface area is 196 Å². The lowest BCUT2D eigenvalue weighted by molar-refractivity contribution is 0.0697. The highest BCUT2D eigenvalue weighted by Gasteiger charge is 2.24. The number of hydrogen-bond donors (Lipinski definition) is 2. The molecule has 34 heavy (non-hydrogen) atoms. The van der Waals surface area contributed by atoms with E-state index in [1.54, 1.807) is 12.1 Å². The van der Waals surface area contributed by atoms with Crippen molar-refractivity contribution < 1.29 is 14.4 Å². The summed E-state index contributed by atoms with van der Waals surface area (Å²) >= 11 is 0. The molecular weight excluding hydrogens is 428 g/mol. The van der Waals surface area contributed by atoms with Gasteiger partial charge < -0.3 is 14.6 Å². The topological polar surface area (TPSA) is 105 Å². The summed E-state index contributed by atoms with van der Waals surface area (Å²) in [6.07, 6.45) is 6.40. The summed E-state index contributed by atoms with van der Waals surface area (Å²) in [5.41, 5.74) is 8.75. The van der Waals surface area contributed by atoms with Gasteiger partial charge in [-0.1, -0.05) is 30.3 Å². The zero-order chi connectivity index (χ0) is 23.8. The molecule has 0 spiro atoms. The monoisotopic (exact) mass is 452 g/mol. The average Bonchev–Trinajstić information content (AvgIpc) is 3.41. The predicted molar refractivity (Wildman–Crippen MR) is 130 cm³/mol. The largest absolute Gasteiger partial charge is 0.478 e. The van der Waals surface area contributed by atoms with E-state index in [2.05, 4.69) is 22.0 Å². The van der Waals surface area contributed by atoms with E-state index in [1.165, 1.54) is 0 Å². The van der Waals surface area contributed by atoms with E-state index >= 15 is 0 Å². The lowest BCUT2D eigenvalue weighted by Gasteiger charge is -2.17. The van der Waals surface area contributed by atoms with Crippen LogP contribution in [-0.4, -0.2) is 31.2 Å². The van der Waals surface area contributed by atoms with Crippen LogP contribution in [0.25, 0.3) is 33.3 Å². The van der Waals surface area contributed by atoms with E-state index in [0.29, 0.717) is 0 Å². The number of nitrogens with zero attached hydrogens (tertiary/aromatic N) is 3. The van der Waals surface area contributed by atoms with E-state index in [1.807, 2.05) is 62.8 Å². The fourth-order valence-corrected chi connectivity index (χ4v) is 4.61. The van der Waals surface area contributed by atoms with Gasteiger partial charge in [-0.2, -0.15) is 0 Å². The second kappa shape index (κ2) is 8.59. The Balaban J connectivity index is 1.68. The summed E-state index contributed by atoms with van der Waals surface area (Å²) in [7, 11) is 0. The number of carboxylic acids is 1. The second-order valence-electron chi connectivity index (χ2n) is 8.52. The third-order valence-corrected chi connectivity index (χ3v) is 6.21. The van der Waals surface area contributed by atoms with Gasteiger partial charge in [0.2, 0.25) is 0 Å². The number of carbonyl (C=O) groups is 1. The first-order valence-corrected chi connectivity index (χ1v) is 11.1. The van der Waals surface area contributed by atoms with Gasteiger partial charge in [-0.05, 0) is 61.6 Å². The Bertz CT molecular complexity index is 1460. The summed E-state index contributed by atoms with van der Waals surface area (Å²) in [5, 5.41) is 13.4. The van der Waals surface area contributed by atoms with Crippen molar-refractivity contribution in [3.8, 4) is 22.3 Å². The average molecular weight is 453 g/mol. The SMILES string of the molecule is Cc1noc(C)c1-c1cnc2c(-c3ccc(C(=O)O)cc3)c[nH]c2c1C(C)Cc1ccccn1. The molecule has 0 amide bonds. The van der Waals surface area contributed by atoms with Gasteiger partial charge in [0.25, 0.3) is 0 Å². The minimum absolute atomic E-state index is 0.130. The highest BCUT2D eigenvalue weighted by molar-refractivity contribution is 5.98. The molecule has 1 unspecified atom stereocenters. The zero-order valence-corrected chi connectivity index (χ0v) is 19.2. The van der Waals surface area contributed by atoms with Gasteiger partial charge in [-0.15, -0.1) is 0 Å². The number of aromatic nitrogens is 4. The summed E-state index contributed by atoms with van der Waals surface area (Å²) in [5.74, 6) is -0.0655. The van der Waals surface area contributed by atoms with Crippen LogP contribution in [0.5, 0.6) is 0 Å². The Morgan fingerprint density at radius 2 is 1.88 bits per heavy atom. The third kappa shape index (κ3) is 3.75. The molecule has 5 rings (SSSR count). The van der Waals surface area contributed by atoms with Gasteiger partial charge in [-0.25, -0.2) is 4.79 Å². The number of aromatic carboxylic acids is 1. The molecular formula is C27H24N4O3. The molecule has 170 valence electrons. The van der Waals surface area contributed by atoms with E-state index in [-0.39, 0.29) is 11.5 Å². The van der Waals surface area contributed by atoms with Gasteiger partial charge in [-0.3, -0.25) is 9.97 Å². The number of carboxylic acid groups (broad SMARTS) is 1. The number of rotatable bonds is 6. The number of hydrogen-bond acceptors (Lipinski definition) is 5. The highest BCUT2D eigenvalue weighted by Crippen LogP contribution is 2.40. The molecule has 0 aliphatic rings. The second-order valence-corrected chi connectivity index (χ2v) is 8.52. The predicted octanol–water partition coefficient (Wildman–Crippen LogP) is 5.94.